The zero-order chi connectivity index (χ0) is 27.2. The van der Waals surface area contributed by atoms with Crippen LogP contribution in [0.3, 0.4) is 0 Å². The molecule has 198 valence electrons. The molecule has 0 radical (unpaired) electrons. The summed E-state index contributed by atoms with van der Waals surface area (Å²) in [6, 6.07) is 7.26. The Kier molecular flexibility index (Phi) is 6.25. The summed E-state index contributed by atoms with van der Waals surface area (Å²) >= 11 is 0. The molecule has 0 saturated carbocycles. The second-order valence-corrected chi connectivity index (χ2v) is 9.64. The molecule has 1 saturated heterocycles. The maximum atomic E-state index is 14.9. The van der Waals surface area contributed by atoms with Crippen LogP contribution >= 0.6 is 0 Å². The maximum Gasteiger partial charge on any atom is 0.322 e. The molecule has 5 rings (SSSR count). The normalized spacial score (nSPS) is 18.5. The third-order valence-corrected chi connectivity index (χ3v) is 7.00. The Balaban J connectivity index is 1.50. The number of nitrogens with one attached hydrogen (secondary N) is 2. The first-order valence-electron chi connectivity index (χ1n) is 12.1. The lowest BCUT2D eigenvalue weighted by Crippen LogP contribution is -2.53. The highest BCUT2D eigenvalue weighted by Crippen LogP contribution is 2.35. The Morgan fingerprint density at radius 2 is 2.11 bits per heavy atom. The Bertz CT molecular complexity index is 1470. The monoisotopic (exact) mass is 523 g/mol. The van der Waals surface area contributed by atoms with Gasteiger partial charge in [-0.25, -0.2) is 14.2 Å². The van der Waals surface area contributed by atoms with Crippen LogP contribution in [0.15, 0.2) is 34.7 Å². The number of rotatable bonds is 7. The van der Waals surface area contributed by atoms with E-state index in [1.807, 2.05) is 12.2 Å². The molecule has 1 unspecified atom stereocenters. The zero-order valence-corrected chi connectivity index (χ0v) is 21.0. The summed E-state index contributed by atoms with van der Waals surface area (Å²) in [6.45, 7) is 3.56. The molecule has 0 spiro atoms. The van der Waals surface area contributed by atoms with Gasteiger partial charge in [-0.2, -0.15) is 0 Å². The molecule has 5 amide bonds. The van der Waals surface area contributed by atoms with Gasteiger partial charge in [-0.15, -0.1) is 0 Å². The third-order valence-electron chi connectivity index (χ3n) is 7.00. The molecule has 38 heavy (non-hydrogen) atoms. The van der Waals surface area contributed by atoms with Gasteiger partial charge >= 0.3 is 6.03 Å². The van der Waals surface area contributed by atoms with E-state index in [9.17, 15) is 23.6 Å². The molecule has 2 aliphatic heterocycles. The van der Waals surface area contributed by atoms with E-state index in [-0.39, 0.29) is 48.5 Å². The molecule has 3 aromatic rings. The number of halogens is 1. The van der Waals surface area contributed by atoms with Crippen LogP contribution in [-0.4, -0.2) is 53.8 Å². The number of carbonyl (C=O) groups is 4. The van der Waals surface area contributed by atoms with Crippen LogP contribution in [0.5, 0.6) is 5.75 Å². The number of urea groups is 1. The Hall–Kier alpha value is -4.48. The second kappa shape index (κ2) is 9.43. The van der Waals surface area contributed by atoms with Crippen molar-refractivity contribution in [3.8, 4) is 5.75 Å². The predicted octanol–water partition coefficient (Wildman–Crippen LogP) is 2.82. The number of furan rings is 1. The second-order valence-electron chi connectivity index (χ2n) is 9.64. The third kappa shape index (κ3) is 4.21. The quantitative estimate of drug-likeness (QED) is 0.455. The van der Waals surface area contributed by atoms with Gasteiger partial charge in [0, 0.05) is 25.1 Å². The number of fused-ring (bicyclic) bond motifs is 2. The first kappa shape index (κ1) is 25.2. The predicted molar refractivity (Wildman–Crippen MR) is 133 cm³/mol. The standard InChI is InChI=1S/C26H26FN5O6/c1-14-4-9-21(34)32(14)20-8-7-17-16(29-20)10-19(38-17)26(2,30-25(36)28-13-33)12-31-11-15-5-6-18(37-3)23(27)22(15)24(31)35/h5-8,10,13-14H,4,9,11-12H2,1-3H3,(H2,28,30,33,36)/t14?,26-/m0/s1. The minimum atomic E-state index is -1.34. The van der Waals surface area contributed by atoms with Crippen LogP contribution in [0.4, 0.5) is 15.0 Å². The van der Waals surface area contributed by atoms with Gasteiger partial charge in [0.25, 0.3) is 5.91 Å². The number of imide groups is 1. The van der Waals surface area contributed by atoms with Gasteiger partial charge in [-0.3, -0.25) is 24.6 Å². The van der Waals surface area contributed by atoms with Gasteiger partial charge in [-0.1, -0.05) is 6.07 Å². The number of aromatic nitrogens is 1. The van der Waals surface area contributed by atoms with Crippen molar-refractivity contribution in [1.82, 2.24) is 20.5 Å². The van der Waals surface area contributed by atoms with Gasteiger partial charge in [-0.05, 0) is 44.0 Å². The summed E-state index contributed by atoms with van der Waals surface area (Å²) < 4.78 is 25.9. The van der Waals surface area contributed by atoms with E-state index in [1.165, 1.54) is 18.1 Å². The number of amides is 5. The maximum absolute atomic E-state index is 14.9. The van der Waals surface area contributed by atoms with Gasteiger partial charge in [0.2, 0.25) is 12.3 Å². The number of pyridine rings is 1. The van der Waals surface area contributed by atoms with E-state index in [0.717, 1.165) is 6.42 Å². The van der Waals surface area contributed by atoms with Crippen LogP contribution in [-0.2, 0) is 21.7 Å². The zero-order valence-electron chi connectivity index (χ0n) is 21.0. The van der Waals surface area contributed by atoms with Crippen molar-refractivity contribution >= 4 is 41.2 Å². The van der Waals surface area contributed by atoms with Gasteiger partial charge in [0.1, 0.15) is 22.6 Å². The molecule has 4 heterocycles. The van der Waals surface area contributed by atoms with Crippen LogP contribution < -0.4 is 20.3 Å². The van der Waals surface area contributed by atoms with E-state index in [4.69, 9.17) is 9.15 Å². The minimum absolute atomic E-state index is 0.0129. The van der Waals surface area contributed by atoms with Crippen LogP contribution in [0.25, 0.3) is 11.1 Å². The van der Waals surface area contributed by atoms with Crippen LogP contribution in [0, 0.1) is 5.82 Å². The van der Waals surface area contributed by atoms with Gasteiger partial charge in [0.05, 0.1) is 19.2 Å². The summed E-state index contributed by atoms with van der Waals surface area (Å²) in [6.07, 6.45) is 1.42. The number of ether oxygens (including phenoxy) is 1. The fourth-order valence-corrected chi connectivity index (χ4v) is 5.08. The number of hydrogen-bond donors (Lipinski definition) is 2. The first-order chi connectivity index (χ1) is 18.1. The molecule has 2 N–H and O–H groups in total. The molecule has 1 fully saturated rings. The minimum Gasteiger partial charge on any atom is -0.494 e. The molecule has 2 aliphatic rings. The highest BCUT2D eigenvalue weighted by molar-refractivity contribution is 5.99. The number of anilines is 1. The molecule has 0 aliphatic carbocycles. The van der Waals surface area contributed by atoms with Crippen LogP contribution in [0.2, 0.25) is 0 Å². The van der Waals surface area contributed by atoms with Crippen molar-refractivity contribution in [3.63, 3.8) is 0 Å². The molecular weight excluding hydrogens is 497 g/mol. The average molecular weight is 524 g/mol. The number of hydrogen-bond acceptors (Lipinski definition) is 7. The SMILES string of the molecule is COc1ccc2c(c1F)C(=O)N(C[C@](C)(NC(=O)NC=O)c1cc3nc(N4C(=O)CCC4C)ccc3o1)C2. The average Bonchev–Trinajstić information content (AvgIpc) is 3.54. The topological polar surface area (TPSA) is 134 Å². The summed E-state index contributed by atoms with van der Waals surface area (Å²) in [4.78, 5) is 56.5. The fourth-order valence-electron chi connectivity index (χ4n) is 5.08. The fraction of sp³-hybridized carbons (Fsp3) is 0.346. The number of nitrogens with zero attached hydrogens (tertiary/aromatic N) is 3. The van der Waals surface area contributed by atoms with Crippen molar-refractivity contribution in [2.45, 2.75) is 44.8 Å². The molecule has 11 nitrogen and oxygen atoms in total. The highest BCUT2D eigenvalue weighted by atomic mass is 19.1. The van der Waals surface area contributed by atoms with Gasteiger partial charge in [0.15, 0.2) is 17.1 Å². The van der Waals surface area contributed by atoms with Crippen molar-refractivity contribution in [2.24, 2.45) is 0 Å². The lowest BCUT2D eigenvalue weighted by molar-refractivity contribution is -0.117. The number of carbonyl (C=O) groups excluding carboxylic acids is 4. The molecule has 12 heteroatoms. The Morgan fingerprint density at radius 3 is 2.79 bits per heavy atom. The molecule has 1 aromatic carbocycles. The molecule has 2 atom stereocenters. The van der Waals surface area contributed by atoms with Crippen LogP contribution in [0.1, 0.15) is 48.4 Å². The van der Waals surface area contributed by atoms with E-state index in [1.54, 1.807) is 36.1 Å². The molecular formula is C26H26FN5O6. The number of benzene rings is 1. The van der Waals surface area contributed by atoms with Gasteiger partial charge < -0.3 is 19.4 Å². The highest BCUT2D eigenvalue weighted by Gasteiger charge is 2.41. The molecule has 0 bridgehead atoms. The van der Waals surface area contributed by atoms with E-state index in [2.05, 4.69) is 10.3 Å². The summed E-state index contributed by atoms with van der Waals surface area (Å²) in [5.74, 6) is -0.643. The summed E-state index contributed by atoms with van der Waals surface area (Å²) in [5.41, 5.74) is -0.112. The smallest absolute Gasteiger partial charge is 0.322 e. The lowest BCUT2D eigenvalue weighted by Gasteiger charge is -2.32. The van der Waals surface area contributed by atoms with Crippen molar-refractivity contribution in [2.75, 3.05) is 18.6 Å². The van der Waals surface area contributed by atoms with E-state index >= 15 is 0 Å². The Morgan fingerprint density at radius 1 is 1.32 bits per heavy atom. The van der Waals surface area contributed by atoms with E-state index < -0.39 is 23.3 Å². The number of methoxy groups -OCH3 is 1. The van der Waals surface area contributed by atoms with Crippen molar-refractivity contribution < 1.29 is 32.7 Å². The first-order valence-corrected chi connectivity index (χ1v) is 12.1. The summed E-state index contributed by atoms with van der Waals surface area (Å²) in [7, 11) is 1.32. The molecule has 2 aromatic heterocycles. The van der Waals surface area contributed by atoms with Crippen molar-refractivity contribution in [3.05, 3.63) is 53.0 Å². The summed E-state index contributed by atoms with van der Waals surface area (Å²) in [5, 5.41) is 4.71. The Labute approximate surface area is 216 Å². The largest absolute Gasteiger partial charge is 0.494 e. The van der Waals surface area contributed by atoms with E-state index in [0.29, 0.717) is 28.9 Å². The lowest BCUT2D eigenvalue weighted by atomic mass is 9.98. The van der Waals surface area contributed by atoms with Crippen molar-refractivity contribution in [1.29, 1.82) is 0 Å².